The summed E-state index contributed by atoms with van der Waals surface area (Å²) < 4.78 is 0.197. The standard InChI is InChI=1S/C4H6IO/c1-2-3-4(5)6/h1-3H2. The van der Waals surface area contributed by atoms with Crippen LogP contribution in [0.15, 0.2) is 0 Å². The number of hydrogen-bond donors (Lipinski definition) is 0. The first kappa shape index (κ1) is 6.40. The lowest BCUT2D eigenvalue weighted by Crippen LogP contribution is -1.78. The van der Waals surface area contributed by atoms with Crippen molar-refractivity contribution in [2.75, 3.05) is 0 Å². The summed E-state index contributed by atoms with van der Waals surface area (Å²) in [5.74, 6) is 0. The first-order chi connectivity index (χ1) is 2.77. The Labute approximate surface area is 51.3 Å². The Morgan fingerprint density at radius 2 is 2.33 bits per heavy atom. The normalized spacial score (nSPS) is 8.33. The van der Waals surface area contributed by atoms with E-state index < -0.39 is 0 Å². The minimum absolute atomic E-state index is 0.197. The van der Waals surface area contributed by atoms with Crippen molar-refractivity contribution in [3.63, 3.8) is 0 Å². The second-order valence-electron chi connectivity index (χ2n) is 0.959. The van der Waals surface area contributed by atoms with Gasteiger partial charge in [0.05, 0.1) is 0 Å². The average molecular weight is 197 g/mol. The van der Waals surface area contributed by atoms with Crippen molar-refractivity contribution in [1.29, 1.82) is 0 Å². The van der Waals surface area contributed by atoms with E-state index in [1.807, 2.05) is 0 Å². The number of carbonyl (C=O) groups excluding carboxylic acids is 1. The van der Waals surface area contributed by atoms with Gasteiger partial charge in [0.25, 0.3) is 0 Å². The van der Waals surface area contributed by atoms with Crippen LogP contribution in [0, 0.1) is 6.92 Å². The molecule has 0 spiro atoms. The Morgan fingerprint density at radius 1 is 1.83 bits per heavy atom. The minimum atomic E-state index is 0.197. The third kappa shape index (κ3) is 4.40. The van der Waals surface area contributed by atoms with Crippen molar-refractivity contribution in [3.8, 4) is 0 Å². The van der Waals surface area contributed by atoms with Crippen molar-refractivity contribution in [2.45, 2.75) is 12.8 Å². The topological polar surface area (TPSA) is 17.1 Å². The molecule has 0 N–H and O–H groups in total. The molecule has 0 rings (SSSR count). The molecule has 0 aliphatic rings. The maximum atomic E-state index is 9.99. The molecule has 1 nitrogen and oxygen atoms in total. The van der Waals surface area contributed by atoms with Gasteiger partial charge in [-0.15, -0.1) is 0 Å². The second kappa shape index (κ2) is 3.59. The van der Waals surface area contributed by atoms with Gasteiger partial charge in [-0.3, -0.25) is 4.79 Å². The molecule has 0 fully saturated rings. The Balaban J connectivity index is 2.83. The van der Waals surface area contributed by atoms with Crippen molar-refractivity contribution >= 4 is 26.4 Å². The molecule has 0 unspecified atom stereocenters. The van der Waals surface area contributed by atoms with Crippen LogP contribution in [0.25, 0.3) is 0 Å². The van der Waals surface area contributed by atoms with Crippen LogP contribution >= 0.6 is 22.6 Å². The summed E-state index contributed by atoms with van der Waals surface area (Å²) in [6, 6.07) is 0. The molecule has 0 saturated carbocycles. The maximum Gasteiger partial charge on any atom is 0.192 e. The molecule has 0 aromatic carbocycles. The molecule has 6 heavy (non-hydrogen) atoms. The number of halogens is 1. The summed E-state index contributed by atoms with van der Waals surface area (Å²) in [4.78, 5) is 9.99. The van der Waals surface area contributed by atoms with Gasteiger partial charge in [0.1, 0.15) is 0 Å². The molecular formula is C4H6IO. The Bertz CT molecular complexity index is 51.5. The molecule has 0 aliphatic heterocycles. The first-order valence-corrected chi connectivity index (χ1v) is 2.83. The van der Waals surface area contributed by atoms with Crippen molar-refractivity contribution in [3.05, 3.63) is 6.92 Å². The van der Waals surface area contributed by atoms with Gasteiger partial charge >= 0.3 is 0 Å². The third-order valence-electron chi connectivity index (χ3n) is 0.373. The van der Waals surface area contributed by atoms with Gasteiger partial charge in [0.15, 0.2) is 3.79 Å². The molecule has 0 bridgehead atoms. The van der Waals surface area contributed by atoms with Gasteiger partial charge in [0, 0.05) is 6.42 Å². The number of hydrogen-bond acceptors (Lipinski definition) is 1. The number of rotatable bonds is 2. The average Bonchev–Trinajstić information content (AvgIpc) is 1.35. The minimum Gasteiger partial charge on any atom is -0.288 e. The van der Waals surface area contributed by atoms with E-state index in [0.29, 0.717) is 6.42 Å². The zero-order chi connectivity index (χ0) is 4.99. The predicted octanol–water partition coefficient (Wildman–Crippen LogP) is 1.56. The molecule has 0 aliphatic carbocycles. The molecule has 1 radical (unpaired) electrons. The maximum absolute atomic E-state index is 9.99. The van der Waals surface area contributed by atoms with Crippen LogP contribution in [0.4, 0.5) is 0 Å². The third-order valence-corrected chi connectivity index (χ3v) is 0.913. The van der Waals surface area contributed by atoms with Crippen molar-refractivity contribution < 1.29 is 4.79 Å². The monoisotopic (exact) mass is 197 g/mol. The highest BCUT2D eigenvalue weighted by Gasteiger charge is 1.86. The molecule has 0 amide bonds. The smallest absolute Gasteiger partial charge is 0.192 e. The Hall–Kier alpha value is 0.400. The molecule has 0 atom stereocenters. The van der Waals surface area contributed by atoms with Gasteiger partial charge in [-0.25, -0.2) is 0 Å². The lowest BCUT2D eigenvalue weighted by molar-refractivity contribution is -0.109. The zero-order valence-electron chi connectivity index (χ0n) is 3.41. The van der Waals surface area contributed by atoms with E-state index in [2.05, 4.69) is 6.92 Å². The van der Waals surface area contributed by atoms with Gasteiger partial charge < -0.3 is 0 Å². The highest BCUT2D eigenvalue weighted by atomic mass is 127. The zero-order valence-corrected chi connectivity index (χ0v) is 5.57. The highest BCUT2D eigenvalue weighted by Crippen LogP contribution is 1.93. The van der Waals surface area contributed by atoms with Crippen LogP contribution in [0.2, 0.25) is 0 Å². The van der Waals surface area contributed by atoms with Gasteiger partial charge in [-0.05, 0) is 29.0 Å². The van der Waals surface area contributed by atoms with Crippen LogP contribution in [-0.2, 0) is 4.79 Å². The van der Waals surface area contributed by atoms with Crippen molar-refractivity contribution in [2.24, 2.45) is 0 Å². The predicted molar refractivity (Wildman–Crippen MR) is 33.6 cm³/mol. The van der Waals surface area contributed by atoms with Crippen LogP contribution in [0.1, 0.15) is 12.8 Å². The molecular weight excluding hydrogens is 191 g/mol. The Kier molecular flexibility index (Phi) is 3.82. The van der Waals surface area contributed by atoms with E-state index in [4.69, 9.17) is 0 Å². The van der Waals surface area contributed by atoms with E-state index in [1.165, 1.54) is 0 Å². The highest BCUT2D eigenvalue weighted by molar-refractivity contribution is 14.1. The van der Waals surface area contributed by atoms with E-state index in [9.17, 15) is 4.79 Å². The lowest BCUT2D eigenvalue weighted by Gasteiger charge is -1.78. The van der Waals surface area contributed by atoms with Crippen LogP contribution < -0.4 is 0 Å². The summed E-state index contributed by atoms with van der Waals surface area (Å²) in [7, 11) is 0. The summed E-state index contributed by atoms with van der Waals surface area (Å²) >= 11 is 1.76. The SMILES string of the molecule is [CH2]CCC(=O)I. The fourth-order valence-electron chi connectivity index (χ4n) is 0.139. The molecule has 0 saturated heterocycles. The summed E-state index contributed by atoms with van der Waals surface area (Å²) in [6.45, 7) is 3.50. The summed E-state index contributed by atoms with van der Waals surface area (Å²) in [5, 5.41) is 0. The fraction of sp³-hybridized carbons (Fsp3) is 0.500. The van der Waals surface area contributed by atoms with Gasteiger partial charge in [-0.1, -0.05) is 6.92 Å². The number of carbonyl (C=O) groups is 1. The van der Waals surface area contributed by atoms with Crippen LogP contribution in [0.3, 0.4) is 0 Å². The first-order valence-electron chi connectivity index (χ1n) is 1.75. The quantitative estimate of drug-likeness (QED) is 0.484. The van der Waals surface area contributed by atoms with Crippen LogP contribution in [0.5, 0.6) is 0 Å². The molecule has 0 heterocycles. The summed E-state index contributed by atoms with van der Waals surface area (Å²) in [6.07, 6.45) is 1.34. The molecule has 2 heteroatoms. The van der Waals surface area contributed by atoms with E-state index in [0.717, 1.165) is 6.42 Å². The van der Waals surface area contributed by atoms with E-state index in [1.54, 1.807) is 22.6 Å². The molecule has 35 valence electrons. The summed E-state index contributed by atoms with van der Waals surface area (Å²) in [5.41, 5.74) is 0. The fourth-order valence-corrected chi connectivity index (χ4v) is 0.520. The second-order valence-corrected chi connectivity index (χ2v) is 2.16. The Morgan fingerprint density at radius 3 is 2.33 bits per heavy atom. The largest absolute Gasteiger partial charge is 0.288 e. The molecule has 0 aromatic rings. The van der Waals surface area contributed by atoms with Gasteiger partial charge in [-0.2, -0.15) is 0 Å². The van der Waals surface area contributed by atoms with Crippen molar-refractivity contribution in [1.82, 2.24) is 0 Å². The van der Waals surface area contributed by atoms with Gasteiger partial charge in [0.2, 0.25) is 0 Å². The lowest BCUT2D eigenvalue weighted by atomic mass is 10.4. The molecule has 0 aromatic heterocycles. The van der Waals surface area contributed by atoms with E-state index in [-0.39, 0.29) is 3.79 Å². The van der Waals surface area contributed by atoms with Crippen LogP contribution in [-0.4, -0.2) is 3.79 Å². The van der Waals surface area contributed by atoms with E-state index >= 15 is 0 Å².